The average Bonchev–Trinajstić information content (AvgIpc) is 3.30. The highest BCUT2D eigenvalue weighted by Gasteiger charge is 2.42. The van der Waals surface area contributed by atoms with Crippen LogP contribution in [-0.2, 0) is 41.6 Å². The molecule has 2 amide bonds. The zero-order chi connectivity index (χ0) is 29.5. The first-order valence-corrected chi connectivity index (χ1v) is 16.2. The summed E-state index contributed by atoms with van der Waals surface area (Å²) in [6, 6.07) is 6.38. The third-order valence-corrected chi connectivity index (χ3v) is 11.2. The maximum absolute atomic E-state index is 13.8. The number of hydrogen-bond acceptors (Lipinski definition) is 7. The highest BCUT2D eigenvalue weighted by Crippen LogP contribution is 2.36. The van der Waals surface area contributed by atoms with Gasteiger partial charge in [-0.3, -0.25) is 13.9 Å². The molecular formula is C23H24F3N3O8S3. The largest absolute Gasteiger partial charge is 0.465 e. The first-order valence-electron chi connectivity index (χ1n) is 11.8. The lowest BCUT2D eigenvalue weighted by molar-refractivity contribution is -0.140. The smallest absolute Gasteiger partial charge is 0.417 e. The van der Waals surface area contributed by atoms with Crippen molar-refractivity contribution < 1.29 is 48.9 Å². The summed E-state index contributed by atoms with van der Waals surface area (Å²) >= 11 is 0. The molecule has 2 heterocycles. The van der Waals surface area contributed by atoms with Gasteiger partial charge in [-0.25, -0.2) is 26.4 Å². The fraction of sp³-hybridized carbons (Fsp3) is 0.391. The van der Waals surface area contributed by atoms with Gasteiger partial charge in [-0.05, 0) is 43.2 Å². The van der Waals surface area contributed by atoms with Gasteiger partial charge in [0.25, 0.3) is 0 Å². The molecule has 0 bridgehead atoms. The van der Waals surface area contributed by atoms with Gasteiger partial charge in [-0.2, -0.15) is 13.2 Å². The number of sulfone groups is 1. The van der Waals surface area contributed by atoms with E-state index in [1.807, 2.05) is 0 Å². The van der Waals surface area contributed by atoms with Crippen LogP contribution in [-0.4, -0.2) is 84.8 Å². The molecule has 2 aliphatic rings. The molecule has 1 unspecified atom stereocenters. The number of nitrogens with zero attached hydrogens (tertiary/aromatic N) is 2. The first-order chi connectivity index (χ1) is 18.6. The quantitative estimate of drug-likeness (QED) is 0.494. The summed E-state index contributed by atoms with van der Waals surface area (Å²) in [5, 5.41) is 9.27. The van der Waals surface area contributed by atoms with Crippen LogP contribution in [0.2, 0.25) is 0 Å². The Balaban J connectivity index is 1.54. The van der Waals surface area contributed by atoms with Crippen LogP contribution < -0.4 is 4.72 Å². The maximum Gasteiger partial charge on any atom is 0.417 e. The van der Waals surface area contributed by atoms with E-state index in [1.54, 1.807) is 6.07 Å². The molecule has 0 aromatic heterocycles. The van der Waals surface area contributed by atoms with E-state index in [1.165, 1.54) is 29.2 Å². The second kappa shape index (κ2) is 11.1. The van der Waals surface area contributed by atoms with Crippen LogP contribution in [0, 0.1) is 0 Å². The van der Waals surface area contributed by atoms with Crippen molar-refractivity contribution in [2.45, 2.75) is 45.8 Å². The van der Waals surface area contributed by atoms with Gasteiger partial charge in [0.2, 0.25) is 25.8 Å². The normalized spacial score (nSPS) is 21.0. The Kier molecular flexibility index (Phi) is 8.31. The topological polar surface area (TPSA) is 158 Å². The number of sulfonamides is 1. The lowest BCUT2D eigenvalue weighted by Crippen LogP contribution is -2.53. The molecule has 2 aliphatic heterocycles. The van der Waals surface area contributed by atoms with Crippen molar-refractivity contribution in [3.05, 3.63) is 54.1 Å². The summed E-state index contributed by atoms with van der Waals surface area (Å²) in [5.41, 5.74) is -1.54. The number of carboxylic acid groups (broad SMARTS) is 1. The van der Waals surface area contributed by atoms with Gasteiger partial charge in [-0.1, -0.05) is 18.2 Å². The molecule has 2 fully saturated rings. The van der Waals surface area contributed by atoms with Gasteiger partial charge < -0.3 is 10.0 Å². The number of hydrogen-bond donors (Lipinski definition) is 2. The molecule has 2 atom stereocenters. The van der Waals surface area contributed by atoms with Crippen LogP contribution in [0.4, 0.5) is 18.0 Å². The zero-order valence-corrected chi connectivity index (χ0v) is 23.0. The Hall–Kier alpha value is -3.02. The second-order valence-electron chi connectivity index (χ2n) is 9.20. The second-order valence-corrected chi connectivity index (χ2v) is 14.3. The Morgan fingerprint density at radius 1 is 0.975 bits per heavy atom. The molecule has 2 aromatic rings. The fourth-order valence-corrected chi connectivity index (χ4v) is 8.85. The van der Waals surface area contributed by atoms with Crippen LogP contribution in [0.5, 0.6) is 0 Å². The summed E-state index contributed by atoms with van der Waals surface area (Å²) in [6.07, 6.45) is -6.51. The standard InChI is InChI=1S/C23H24F3N3O8S3/c24-23(25,26)18-7-6-17(39(34,35)16-4-2-1-3-5-16)12-20(18)40(36,37)27-15-8-10-28(11-9-15)21(30)19-13-38(33)14-29(19)22(31)32/h1-7,12,15,19,27H,8-11,13-14H2,(H,31,32)/t19-,38?/m0/s1. The van der Waals surface area contributed by atoms with Gasteiger partial charge >= 0.3 is 12.3 Å². The molecular weight excluding hydrogens is 599 g/mol. The van der Waals surface area contributed by atoms with Gasteiger partial charge in [0.1, 0.15) is 11.9 Å². The van der Waals surface area contributed by atoms with Gasteiger partial charge in [0.05, 0.1) is 26.0 Å². The van der Waals surface area contributed by atoms with E-state index in [-0.39, 0.29) is 42.5 Å². The number of alkyl halides is 3. The molecule has 11 nitrogen and oxygen atoms in total. The van der Waals surface area contributed by atoms with E-state index in [0.717, 1.165) is 4.90 Å². The number of nitrogens with one attached hydrogen (secondary N) is 1. The summed E-state index contributed by atoms with van der Waals surface area (Å²) < 4.78 is 108. The third-order valence-electron chi connectivity index (χ3n) is 6.57. The Bertz CT molecular complexity index is 1540. The van der Waals surface area contributed by atoms with Gasteiger partial charge in [0, 0.05) is 29.9 Å². The van der Waals surface area contributed by atoms with Crippen LogP contribution in [0.1, 0.15) is 18.4 Å². The van der Waals surface area contributed by atoms with Crippen LogP contribution in [0.15, 0.2) is 63.2 Å². The number of carbonyl (C=O) groups is 2. The number of rotatable bonds is 6. The highest BCUT2D eigenvalue weighted by atomic mass is 32.2. The first kappa shape index (κ1) is 30.0. The van der Waals surface area contributed by atoms with Gasteiger partial charge in [-0.15, -0.1) is 0 Å². The fourth-order valence-electron chi connectivity index (χ4n) is 4.53. The molecule has 0 radical (unpaired) electrons. The van der Waals surface area contributed by atoms with Crippen molar-refractivity contribution in [2.75, 3.05) is 24.7 Å². The van der Waals surface area contributed by atoms with Crippen molar-refractivity contribution in [3.8, 4) is 0 Å². The minimum atomic E-state index is -5.10. The van der Waals surface area contributed by atoms with Crippen molar-refractivity contribution in [3.63, 3.8) is 0 Å². The molecule has 4 rings (SSSR count). The molecule has 2 saturated heterocycles. The molecule has 0 saturated carbocycles. The number of benzene rings is 2. The Morgan fingerprint density at radius 2 is 1.60 bits per heavy atom. The monoisotopic (exact) mass is 623 g/mol. The lowest BCUT2D eigenvalue weighted by Gasteiger charge is -2.34. The zero-order valence-electron chi connectivity index (χ0n) is 20.6. The number of amides is 2. The van der Waals surface area contributed by atoms with Crippen molar-refractivity contribution in [1.82, 2.24) is 14.5 Å². The number of carbonyl (C=O) groups excluding carboxylic acids is 1. The highest BCUT2D eigenvalue weighted by molar-refractivity contribution is 7.91. The van der Waals surface area contributed by atoms with Crippen LogP contribution >= 0.6 is 0 Å². The lowest BCUT2D eigenvalue weighted by atomic mass is 10.1. The minimum absolute atomic E-state index is 0.00277. The van der Waals surface area contributed by atoms with E-state index in [4.69, 9.17) is 0 Å². The van der Waals surface area contributed by atoms with E-state index in [9.17, 15) is 48.9 Å². The molecule has 2 aromatic carbocycles. The summed E-state index contributed by atoms with van der Waals surface area (Å²) in [6.45, 7) is -0.0612. The van der Waals surface area contributed by atoms with Gasteiger partial charge in [0.15, 0.2) is 0 Å². The molecule has 218 valence electrons. The van der Waals surface area contributed by atoms with Crippen molar-refractivity contribution >= 4 is 42.7 Å². The maximum atomic E-state index is 13.8. The van der Waals surface area contributed by atoms with E-state index in [2.05, 4.69) is 4.72 Å². The Labute approximate surface area is 230 Å². The molecule has 0 aliphatic carbocycles. The molecule has 0 spiro atoms. The van der Waals surface area contributed by atoms with E-state index in [0.29, 0.717) is 18.2 Å². The molecule has 17 heteroatoms. The number of halogens is 3. The van der Waals surface area contributed by atoms with Crippen LogP contribution in [0.3, 0.4) is 0 Å². The minimum Gasteiger partial charge on any atom is -0.465 e. The van der Waals surface area contributed by atoms with Crippen LogP contribution in [0.25, 0.3) is 0 Å². The summed E-state index contributed by atoms with van der Waals surface area (Å²) in [5.74, 6) is -1.06. The Morgan fingerprint density at radius 3 is 2.17 bits per heavy atom. The SMILES string of the molecule is O=C([C@@H]1CS(=O)CN1C(=O)O)N1CCC(NS(=O)(=O)c2cc(S(=O)(=O)c3ccccc3)ccc2C(F)(F)F)CC1. The predicted molar refractivity (Wildman–Crippen MR) is 135 cm³/mol. The van der Waals surface area contributed by atoms with E-state index < -0.39 is 76.3 Å². The average molecular weight is 624 g/mol. The predicted octanol–water partition coefficient (Wildman–Crippen LogP) is 1.88. The number of piperidine rings is 1. The summed E-state index contributed by atoms with van der Waals surface area (Å²) in [7, 11) is -10.7. The molecule has 40 heavy (non-hydrogen) atoms. The number of likely N-dealkylation sites (tertiary alicyclic amines) is 1. The third kappa shape index (κ3) is 6.16. The van der Waals surface area contributed by atoms with Crippen molar-refractivity contribution in [1.29, 1.82) is 0 Å². The molecule has 2 N–H and O–H groups in total. The van der Waals surface area contributed by atoms with E-state index >= 15 is 0 Å². The van der Waals surface area contributed by atoms with Crippen molar-refractivity contribution in [2.24, 2.45) is 0 Å². The summed E-state index contributed by atoms with van der Waals surface area (Å²) in [4.78, 5) is 24.2.